The number of carbonyl (C=O) groups excluding carboxylic acids is 1. The van der Waals surface area contributed by atoms with Gasteiger partial charge >= 0.3 is 0 Å². The summed E-state index contributed by atoms with van der Waals surface area (Å²) < 4.78 is 5.49. The molecule has 4 nitrogen and oxygen atoms in total. The van der Waals surface area contributed by atoms with Gasteiger partial charge in [0, 0.05) is 6.20 Å². The highest BCUT2D eigenvalue weighted by Gasteiger charge is 2.02. The average molecular weight is 288 g/mol. The molecule has 0 saturated heterocycles. The van der Waals surface area contributed by atoms with Crippen LogP contribution in [0.1, 0.15) is 0 Å². The van der Waals surface area contributed by atoms with Crippen LogP contribution < -0.4 is 10.1 Å². The lowest BCUT2D eigenvalue weighted by Crippen LogP contribution is -2.29. The maximum atomic E-state index is 11.6. The number of ether oxygens (including phenoxy) is 1. The van der Waals surface area contributed by atoms with Gasteiger partial charge in [0.2, 0.25) is 5.91 Å². The highest BCUT2D eigenvalue weighted by Crippen LogP contribution is 2.13. The summed E-state index contributed by atoms with van der Waals surface area (Å²) in [5.41, 5.74) is 0. The van der Waals surface area contributed by atoms with E-state index in [0.717, 1.165) is 10.8 Å². The molecule has 1 aromatic heterocycles. The molecule has 1 N–H and O–H groups in total. The van der Waals surface area contributed by atoms with Gasteiger partial charge in [0.25, 0.3) is 0 Å². The Hall–Kier alpha value is -2.01. The standard InChI is InChI=1S/C15H16N2O2S/c18-14(12-20-15-8-4-5-9-17-15)16-10-11-19-13-6-2-1-3-7-13/h1-9H,10-12H2,(H,16,18). The lowest BCUT2D eigenvalue weighted by Gasteiger charge is -2.07. The van der Waals surface area contributed by atoms with Gasteiger partial charge in [-0.2, -0.15) is 0 Å². The summed E-state index contributed by atoms with van der Waals surface area (Å²) in [5.74, 6) is 1.16. The molecule has 2 rings (SSSR count). The number of hydrogen-bond donors (Lipinski definition) is 1. The van der Waals surface area contributed by atoms with Crippen molar-refractivity contribution in [2.75, 3.05) is 18.9 Å². The van der Waals surface area contributed by atoms with Gasteiger partial charge in [-0.1, -0.05) is 36.0 Å². The van der Waals surface area contributed by atoms with E-state index >= 15 is 0 Å². The molecule has 0 aliphatic rings. The van der Waals surface area contributed by atoms with Crippen LogP contribution in [-0.4, -0.2) is 29.8 Å². The van der Waals surface area contributed by atoms with Gasteiger partial charge in [0.05, 0.1) is 17.3 Å². The monoisotopic (exact) mass is 288 g/mol. The fraction of sp³-hybridized carbons (Fsp3) is 0.200. The quantitative estimate of drug-likeness (QED) is 0.628. The van der Waals surface area contributed by atoms with Gasteiger partial charge in [-0.05, 0) is 24.3 Å². The minimum Gasteiger partial charge on any atom is -0.492 e. The van der Waals surface area contributed by atoms with Gasteiger partial charge < -0.3 is 10.1 Å². The predicted octanol–water partition coefficient (Wildman–Crippen LogP) is 2.37. The van der Waals surface area contributed by atoms with E-state index in [1.165, 1.54) is 11.8 Å². The largest absolute Gasteiger partial charge is 0.492 e. The Morgan fingerprint density at radius 2 is 1.95 bits per heavy atom. The zero-order valence-corrected chi connectivity index (χ0v) is 11.8. The fourth-order valence-electron chi connectivity index (χ4n) is 1.50. The topological polar surface area (TPSA) is 51.2 Å². The van der Waals surface area contributed by atoms with E-state index in [-0.39, 0.29) is 5.91 Å². The van der Waals surface area contributed by atoms with E-state index in [1.54, 1.807) is 6.20 Å². The Morgan fingerprint density at radius 1 is 1.15 bits per heavy atom. The third kappa shape index (κ3) is 5.32. The zero-order valence-electron chi connectivity index (χ0n) is 11.0. The van der Waals surface area contributed by atoms with Crippen LogP contribution in [0.15, 0.2) is 59.8 Å². The van der Waals surface area contributed by atoms with Crippen molar-refractivity contribution in [3.8, 4) is 5.75 Å². The van der Waals surface area contributed by atoms with Crippen LogP contribution in [0.25, 0.3) is 0 Å². The number of thioether (sulfide) groups is 1. The maximum absolute atomic E-state index is 11.6. The van der Waals surface area contributed by atoms with Crippen molar-refractivity contribution in [1.82, 2.24) is 10.3 Å². The van der Waals surface area contributed by atoms with Crippen LogP contribution in [0.4, 0.5) is 0 Å². The lowest BCUT2D eigenvalue weighted by atomic mass is 10.3. The van der Waals surface area contributed by atoms with Crippen LogP contribution in [0.3, 0.4) is 0 Å². The number of nitrogens with one attached hydrogen (secondary N) is 1. The first-order chi connectivity index (χ1) is 9.84. The zero-order chi connectivity index (χ0) is 14.0. The molecule has 2 aromatic rings. The Bertz CT molecular complexity index is 520. The summed E-state index contributed by atoms with van der Waals surface area (Å²) in [6.07, 6.45) is 1.72. The normalized spacial score (nSPS) is 10.0. The summed E-state index contributed by atoms with van der Waals surface area (Å²) in [6, 6.07) is 15.2. The van der Waals surface area contributed by atoms with Crippen molar-refractivity contribution in [3.63, 3.8) is 0 Å². The number of benzene rings is 1. The number of nitrogens with zero attached hydrogens (tertiary/aromatic N) is 1. The second kappa shape index (κ2) is 8.22. The molecular formula is C15H16N2O2S. The molecule has 0 bridgehead atoms. The fourth-order valence-corrected chi connectivity index (χ4v) is 2.19. The summed E-state index contributed by atoms with van der Waals surface area (Å²) >= 11 is 1.42. The second-order valence-electron chi connectivity index (χ2n) is 3.97. The smallest absolute Gasteiger partial charge is 0.230 e. The predicted molar refractivity (Wildman–Crippen MR) is 79.9 cm³/mol. The van der Waals surface area contributed by atoms with E-state index < -0.39 is 0 Å². The first kappa shape index (κ1) is 14.4. The third-order valence-corrected chi connectivity index (χ3v) is 3.37. The Labute approximate surface area is 122 Å². The van der Waals surface area contributed by atoms with Crippen molar-refractivity contribution >= 4 is 17.7 Å². The molecule has 1 amide bonds. The summed E-state index contributed by atoms with van der Waals surface area (Å²) in [7, 11) is 0. The van der Waals surface area contributed by atoms with Gasteiger partial charge in [0.15, 0.2) is 0 Å². The Balaban J connectivity index is 1.59. The summed E-state index contributed by atoms with van der Waals surface area (Å²) in [5, 5.41) is 3.66. The van der Waals surface area contributed by atoms with Crippen LogP contribution in [-0.2, 0) is 4.79 Å². The molecule has 0 aliphatic carbocycles. The first-order valence-corrected chi connectivity index (χ1v) is 7.31. The molecule has 0 atom stereocenters. The minimum absolute atomic E-state index is 0.0164. The number of aromatic nitrogens is 1. The molecule has 0 aliphatic heterocycles. The number of carbonyl (C=O) groups is 1. The van der Waals surface area contributed by atoms with Gasteiger partial charge in [-0.25, -0.2) is 4.98 Å². The van der Waals surface area contributed by atoms with Gasteiger partial charge in [-0.3, -0.25) is 4.79 Å². The van der Waals surface area contributed by atoms with Crippen LogP contribution in [0.2, 0.25) is 0 Å². The number of para-hydroxylation sites is 1. The highest BCUT2D eigenvalue weighted by molar-refractivity contribution is 7.99. The van der Waals surface area contributed by atoms with Crippen molar-refractivity contribution in [2.24, 2.45) is 0 Å². The number of hydrogen-bond acceptors (Lipinski definition) is 4. The minimum atomic E-state index is -0.0164. The lowest BCUT2D eigenvalue weighted by molar-refractivity contribution is -0.118. The van der Waals surface area contributed by atoms with E-state index in [9.17, 15) is 4.79 Å². The van der Waals surface area contributed by atoms with Gasteiger partial charge in [0.1, 0.15) is 12.4 Å². The molecule has 5 heteroatoms. The van der Waals surface area contributed by atoms with E-state index in [4.69, 9.17) is 4.74 Å². The SMILES string of the molecule is O=C(CSc1ccccn1)NCCOc1ccccc1. The van der Waals surface area contributed by atoms with Gasteiger partial charge in [-0.15, -0.1) is 0 Å². The summed E-state index contributed by atoms with van der Waals surface area (Å²) in [6.45, 7) is 0.959. The molecule has 1 aromatic carbocycles. The van der Waals surface area contributed by atoms with Crippen LogP contribution in [0, 0.1) is 0 Å². The molecule has 0 unspecified atom stereocenters. The molecule has 104 valence electrons. The highest BCUT2D eigenvalue weighted by atomic mass is 32.2. The Kier molecular flexibility index (Phi) is 5.92. The number of amides is 1. The number of pyridine rings is 1. The average Bonchev–Trinajstić information content (AvgIpc) is 2.52. The molecule has 0 spiro atoms. The van der Waals surface area contributed by atoms with Crippen molar-refractivity contribution in [1.29, 1.82) is 0 Å². The molecular weight excluding hydrogens is 272 g/mol. The van der Waals surface area contributed by atoms with E-state index in [1.807, 2.05) is 48.5 Å². The molecule has 0 radical (unpaired) electrons. The summed E-state index contributed by atoms with van der Waals surface area (Å²) in [4.78, 5) is 15.8. The van der Waals surface area contributed by atoms with Crippen LogP contribution in [0.5, 0.6) is 5.75 Å². The maximum Gasteiger partial charge on any atom is 0.230 e. The van der Waals surface area contributed by atoms with Crippen molar-refractivity contribution < 1.29 is 9.53 Å². The molecule has 0 fully saturated rings. The first-order valence-electron chi connectivity index (χ1n) is 6.33. The van der Waals surface area contributed by atoms with E-state index in [2.05, 4.69) is 10.3 Å². The number of rotatable bonds is 7. The molecule has 1 heterocycles. The second-order valence-corrected chi connectivity index (χ2v) is 4.96. The van der Waals surface area contributed by atoms with Crippen LogP contribution >= 0.6 is 11.8 Å². The molecule has 0 saturated carbocycles. The van der Waals surface area contributed by atoms with Crippen molar-refractivity contribution in [2.45, 2.75) is 5.03 Å². The van der Waals surface area contributed by atoms with E-state index in [0.29, 0.717) is 18.9 Å². The third-order valence-electron chi connectivity index (χ3n) is 2.43. The molecule has 20 heavy (non-hydrogen) atoms. The Morgan fingerprint density at radius 3 is 2.70 bits per heavy atom. The van der Waals surface area contributed by atoms with Crippen molar-refractivity contribution in [3.05, 3.63) is 54.7 Å².